The SMILES string of the molecule is CC(C)CCNC(=O)CN(CCN(C)C)CC(=O)O. The molecule has 0 unspecified atom stereocenters. The van der Waals surface area contributed by atoms with Gasteiger partial charge >= 0.3 is 5.97 Å². The predicted molar refractivity (Wildman–Crippen MR) is 75.1 cm³/mol. The number of carbonyl (C=O) groups excluding carboxylic acids is 1. The zero-order valence-electron chi connectivity index (χ0n) is 12.5. The molecule has 6 heteroatoms. The highest BCUT2D eigenvalue weighted by molar-refractivity contribution is 5.79. The molecule has 0 radical (unpaired) electrons. The minimum atomic E-state index is -0.909. The Labute approximate surface area is 115 Å². The minimum Gasteiger partial charge on any atom is -0.480 e. The van der Waals surface area contributed by atoms with E-state index in [1.165, 1.54) is 0 Å². The summed E-state index contributed by atoms with van der Waals surface area (Å²) in [5.41, 5.74) is 0. The van der Waals surface area contributed by atoms with E-state index in [4.69, 9.17) is 5.11 Å². The van der Waals surface area contributed by atoms with Gasteiger partial charge in [-0.25, -0.2) is 0 Å². The molecule has 2 N–H and O–H groups in total. The Morgan fingerprint density at radius 1 is 1.16 bits per heavy atom. The van der Waals surface area contributed by atoms with E-state index < -0.39 is 5.97 Å². The summed E-state index contributed by atoms with van der Waals surface area (Å²) in [4.78, 5) is 26.1. The van der Waals surface area contributed by atoms with Gasteiger partial charge in [0.1, 0.15) is 0 Å². The van der Waals surface area contributed by atoms with Crippen molar-refractivity contribution in [1.29, 1.82) is 0 Å². The van der Waals surface area contributed by atoms with Crippen LogP contribution in [0.15, 0.2) is 0 Å². The van der Waals surface area contributed by atoms with E-state index in [9.17, 15) is 9.59 Å². The van der Waals surface area contributed by atoms with Crippen LogP contribution in [0.25, 0.3) is 0 Å². The average Bonchev–Trinajstić information content (AvgIpc) is 2.24. The molecule has 1 amide bonds. The first-order valence-electron chi connectivity index (χ1n) is 6.66. The lowest BCUT2D eigenvalue weighted by Crippen LogP contribution is -2.42. The largest absolute Gasteiger partial charge is 0.480 e. The van der Waals surface area contributed by atoms with Crippen molar-refractivity contribution >= 4 is 11.9 Å². The lowest BCUT2D eigenvalue weighted by molar-refractivity contribution is -0.138. The summed E-state index contributed by atoms with van der Waals surface area (Å²) in [5.74, 6) is -0.474. The number of nitrogens with zero attached hydrogens (tertiary/aromatic N) is 2. The highest BCUT2D eigenvalue weighted by Crippen LogP contribution is 1.96. The van der Waals surface area contributed by atoms with Crippen molar-refractivity contribution < 1.29 is 14.7 Å². The summed E-state index contributed by atoms with van der Waals surface area (Å²) in [6.45, 7) is 6.16. The molecule has 0 saturated carbocycles. The molecule has 0 atom stereocenters. The molecule has 0 aliphatic carbocycles. The standard InChI is InChI=1S/C13H27N3O3/c1-11(2)5-6-14-12(17)9-16(10-13(18)19)8-7-15(3)4/h11H,5-10H2,1-4H3,(H,14,17)(H,18,19). The van der Waals surface area contributed by atoms with E-state index in [-0.39, 0.29) is 19.0 Å². The van der Waals surface area contributed by atoms with Crippen LogP contribution in [0.3, 0.4) is 0 Å². The molecule has 112 valence electrons. The van der Waals surface area contributed by atoms with Gasteiger partial charge in [0.2, 0.25) is 5.91 Å². The molecule has 0 aliphatic rings. The molecule has 0 heterocycles. The second-order valence-electron chi connectivity index (χ2n) is 5.44. The second-order valence-corrected chi connectivity index (χ2v) is 5.44. The van der Waals surface area contributed by atoms with Gasteiger partial charge in [-0.1, -0.05) is 13.8 Å². The van der Waals surface area contributed by atoms with Gasteiger partial charge in [0.05, 0.1) is 13.1 Å². The van der Waals surface area contributed by atoms with E-state index in [0.717, 1.165) is 13.0 Å². The Bertz CT molecular complexity index is 280. The van der Waals surface area contributed by atoms with Crippen molar-refractivity contribution in [3.63, 3.8) is 0 Å². The van der Waals surface area contributed by atoms with Crippen LogP contribution in [-0.2, 0) is 9.59 Å². The summed E-state index contributed by atoms with van der Waals surface area (Å²) in [6, 6.07) is 0. The number of amides is 1. The van der Waals surface area contributed by atoms with Crippen LogP contribution in [0, 0.1) is 5.92 Å². The van der Waals surface area contributed by atoms with E-state index in [1.807, 2.05) is 19.0 Å². The number of hydrogen-bond acceptors (Lipinski definition) is 4. The normalized spacial score (nSPS) is 11.3. The monoisotopic (exact) mass is 273 g/mol. The van der Waals surface area contributed by atoms with Crippen molar-refractivity contribution in [2.24, 2.45) is 5.92 Å². The summed E-state index contributed by atoms with van der Waals surface area (Å²) >= 11 is 0. The molecule has 0 aliphatic heterocycles. The molecule has 6 nitrogen and oxygen atoms in total. The average molecular weight is 273 g/mol. The maximum atomic E-state index is 11.7. The zero-order valence-corrected chi connectivity index (χ0v) is 12.5. The maximum Gasteiger partial charge on any atom is 0.317 e. The van der Waals surface area contributed by atoms with E-state index in [1.54, 1.807) is 4.90 Å². The van der Waals surface area contributed by atoms with E-state index in [0.29, 0.717) is 19.0 Å². The number of rotatable bonds is 10. The third-order valence-corrected chi connectivity index (χ3v) is 2.63. The van der Waals surface area contributed by atoms with Crippen LogP contribution in [0.1, 0.15) is 20.3 Å². The first-order valence-corrected chi connectivity index (χ1v) is 6.66. The number of carbonyl (C=O) groups is 2. The smallest absolute Gasteiger partial charge is 0.317 e. The molecular weight excluding hydrogens is 246 g/mol. The number of carboxylic acid groups (broad SMARTS) is 1. The fourth-order valence-corrected chi connectivity index (χ4v) is 1.51. The van der Waals surface area contributed by atoms with Crippen LogP contribution < -0.4 is 5.32 Å². The van der Waals surface area contributed by atoms with Crippen molar-refractivity contribution in [1.82, 2.24) is 15.1 Å². The predicted octanol–water partition coefficient (Wildman–Crippen LogP) is 0.0969. The molecule has 0 bridgehead atoms. The van der Waals surface area contributed by atoms with Crippen LogP contribution in [0.5, 0.6) is 0 Å². The molecule has 0 aromatic rings. The quantitative estimate of drug-likeness (QED) is 0.590. The lowest BCUT2D eigenvalue weighted by Gasteiger charge is -2.21. The first kappa shape index (κ1) is 17.9. The fourth-order valence-electron chi connectivity index (χ4n) is 1.51. The molecule has 0 saturated heterocycles. The molecule has 0 spiro atoms. The van der Waals surface area contributed by atoms with Crippen molar-refractivity contribution in [3.05, 3.63) is 0 Å². The molecular formula is C13H27N3O3. The third-order valence-electron chi connectivity index (χ3n) is 2.63. The van der Waals surface area contributed by atoms with Crippen molar-refractivity contribution in [2.45, 2.75) is 20.3 Å². The summed E-state index contributed by atoms with van der Waals surface area (Å²) in [5, 5.41) is 11.6. The van der Waals surface area contributed by atoms with E-state index in [2.05, 4.69) is 19.2 Å². The van der Waals surface area contributed by atoms with Crippen molar-refractivity contribution in [2.75, 3.05) is 46.8 Å². The van der Waals surface area contributed by atoms with Gasteiger partial charge < -0.3 is 15.3 Å². The van der Waals surface area contributed by atoms with Gasteiger partial charge in [0.25, 0.3) is 0 Å². The Kier molecular flexibility index (Phi) is 9.16. The second kappa shape index (κ2) is 9.75. The Morgan fingerprint density at radius 3 is 2.26 bits per heavy atom. The fraction of sp³-hybridized carbons (Fsp3) is 0.846. The van der Waals surface area contributed by atoms with Gasteiger partial charge in [0.15, 0.2) is 0 Å². The number of hydrogen-bond donors (Lipinski definition) is 2. The molecule has 19 heavy (non-hydrogen) atoms. The number of carboxylic acids is 1. The Hall–Kier alpha value is -1.14. The lowest BCUT2D eigenvalue weighted by atomic mass is 10.1. The number of likely N-dealkylation sites (N-methyl/N-ethyl adjacent to an activating group) is 1. The van der Waals surface area contributed by atoms with Crippen LogP contribution in [-0.4, -0.2) is 73.6 Å². The molecule has 0 fully saturated rings. The molecule has 0 rings (SSSR count). The van der Waals surface area contributed by atoms with Gasteiger partial charge in [0, 0.05) is 19.6 Å². The highest BCUT2D eigenvalue weighted by Gasteiger charge is 2.13. The zero-order chi connectivity index (χ0) is 14.8. The van der Waals surface area contributed by atoms with Gasteiger partial charge in [-0.3, -0.25) is 14.5 Å². The van der Waals surface area contributed by atoms with Gasteiger partial charge in [-0.15, -0.1) is 0 Å². The Morgan fingerprint density at radius 2 is 1.79 bits per heavy atom. The third kappa shape index (κ3) is 11.7. The van der Waals surface area contributed by atoms with Crippen LogP contribution in [0.4, 0.5) is 0 Å². The topological polar surface area (TPSA) is 72.9 Å². The maximum absolute atomic E-state index is 11.7. The van der Waals surface area contributed by atoms with E-state index >= 15 is 0 Å². The first-order chi connectivity index (χ1) is 8.81. The molecule has 0 aromatic heterocycles. The summed E-state index contributed by atoms with van der Waals surface area (Å²) in [6.07, 6.45) is 0.933. The Balaban J connectivity index is 4.07. The summed E-state index contributed by atoms with van der Waals surface area (Å²) in [7, 11) is 3.84. The molecule has 0 aromatic carbocycles. The van der Waals surface area contributed by atoms with Gasteiger partial charge in [-0.2, -0.15) is 0 Å². The summed E-state index contributed by atoms with van der Waals surface area (Å²) < 4.78 is 0. The highest BCUT2D eigenvalue weighted by atomic mass is 16.4. The van der Waals surface area contributed by atoms with Gasteiger partial charge in [-0.05, 0) is 26.4 Å². The minimum absolute atomic E-state index is 0.106. The number of aliphatic carboxylic acids is 1. The van der Waals surface area contributed by atoms with Crippen molar-refractivity contribution in [3.8, 4) is 0 Å². The van der Waals surface area contributed by atoms with Crippen LogP contribution in [0.2, 0.25) is 0 Å². The number of nitrogens with one attached hydrogen (secondary N) is 1. The van der Waals surface area contributed by atoms with Crippen LogP contribution >= 0.6 is 0 Å².